The number of rotatable bonds is 4. The Morgan fingerprint density at radius 1 is 1.19 bits per heavy atom. The lowest BCUT2D eigenvalue weighted by molar-refractivity contribution is 0.435. The highest BCUT2D eigenvalue weighted by Crippen LogP contribution is 2.19. The summed E-state index contributed by atoms with van der Waals surface area (Å²) >= 11 is 5.90. The number of benzene rings is 1. The molecule has 1 aromatic carbocycles. The summed E-state index contributed by atoms with van der Waals surface area (Å²) in [6, 6.07) is 5.91. The van der Waals surface area contributed by atoms with Gasteiger partial charge in [-0.2, -0.15) is 0 Å². The number of hydrogen-bond acceptors (Lipinski definition) is 2. The Hall–Kier alpha value is -0.730. The van der Waals surface area contributed by atoms with Crippen molar-refractivity contribution in [3.8, 4) is 0 Å². The van der Waals surface area contributed by atoms with Crippen LogP contribution in [0, 0.1) is 6.92 Å². The van der Waals surface area contributed by atoms with Gasteiger partial charge in [0.2, 0.25) is 0 Å². The molecule has 0 aliphatic rings. The molecule has 0 bridgehead atoms. The molecule has 0 amide bonds. The predicted molar refractivity (Wildman–Crippen MR) is 72.4 cm³/mol. The molecule has 1 aromatic rings. The van der Waals surface area contributed by atoms with E-state index >= 15 is 0 Å². The Morgan fingerprint density at radius 3 is 2.44 bits per heavy atom. The van der Waals surface area contributed by atoms with Crippen molar-refractivity contribution in [1.29, 1.82) is 0 Å². The summed E-state index contributed by atoms with van der Waals surface area (Å²) in [5.74, 6) is 0. The highest BCUT2D eigenvalue weighted by molar-refractivity contribution is 6.30. The standard InChI is InChI=1S/C13H21ClN2/c1-10-9-11(14)5-6-12(10)15-7-8-16-13(2,3)4/h5-6,9,15-16H,7-8H2,1-4H3. The molecule has 0 unspecified atom stereocenters. The largest absolute Gasteiger partial charge is 0.384 e. The van der Waals surface area contributed by atoms with Crippen LogP contribution in [0.5, 0.6) is 0 Å². The molecule has 0 aromatic heterocycles. The maximum atomic E-state index is 5.90. The van der Waals surface area contributed by atoms with E-state index in [0.29, 0.717) is 0 Å². The van der Waals surface area contributed by atoms with Crippen LogP contribution in [0.25, 0.3) is 0 Å². The molecule has 16 heavy (non-hydrogen) atoms. The van der Waals surface area contributed by atoms with E-state index in [0.717, 1.165) is 23.8 Å². The van der Waals surface area contributed by atoms with Gasteiger partial charge in [-0.15, -0.1) is 0 Å². The molecule has 0 spiro atoms. The van der Waals surface area contributed by atoms with Gasteiger partial charge in [0, 0.05) is 29.3 Å². The maximum absolute atomic E-state index is 5.90. The lowest BCUT2D eigenvalue weighted by Crippen LogP contribution is -2.38. The lowest BCUT2D eigenvalue weighted by Gasteiger charge is -2.21. The number of hydrogen-bond donors (Lipinski definition) is 2. The Labute approximate surface area is 103 Å². The molecule has 0 saturated carbocycles. The van der Waals surface area contributed by atoms with Gasteiger partial charge < -0.3 is 10.6 Å². The SMILES string of the molecule is Cc1cc(Cl)ccc1NCCNC(C)(C)C. The third kappa shape index (κ3) is 4.86. The van der Waals surface area contributed by atoms with Crippen LogP contribution in [0.1, 0.15) is 26.3 Å². The van der Waals surface area contributed by atoms with E-state index in [9.17, 15) is 0 Å². The Morgan fingerprint density at radius 2 is 1.88 bits per heavy atom. The van der Waals surface area contributed by atoms with E-state index in [1.165, 1.54) is 5.56 Å². The number of aryl methyl sites for hydroxylation is 1. The van der Waals surface area contributed by atoms with Gasteiger partial charge in [0.15, 0.2) is 0 Å². The number of halogens is 1. The van der Waals surface area contributed by atoms with Crippen LogP contribution in [-0.4, -0.2) is 18.6 Å². The quantitative estimate of drug-likeness (QED) is 0.788. The lowest BCUT2D eigenvalue weighted by atomic mass is 10.1. The van der Waals surface area contributed by atoms with Crippen molar-refractivity contribution >= 4 is 17.3 Å². The first-order valence-corrected chi connectivity index (χ1v) is 6.01. The summed E-state index contributed by atoms with van der Waals surface area (Å²) in [6.07, 6.45) is 0. The van der Waals surface area contributed by atoms with Gasteiger partial charge in [0.25, 0.3) is 0 Å². The highest BCUT2D eigenvalue weighted by atomic mass is 35.5. The fraction of sp³-hybridized carbons (Fsp3) is 0.538. The van der Waals surface area contributed by atoms with Gasteiger partial charge in [-0.05, 0) is 51.5 Å². The average molecular weight is 241 g/mol. The summed E-state index contributed by atoms with van der Waals surface area (Å²) in [5.41, 5.74) is 2.51. The highest BCUT2D eigenvalue weighted by Gasteiger charge is 2.07. The maximum Gasteiger partial charge on any atom is 0.0410 e. The van der Waals surface area contributed by atoms with Crippen LogP contribution < -0.4 is 10.6 Å². The minimum absolute atomic E-state index is 0.177. The van der Waals surface area contributed by atoms with Crippen LogP contribution in [0.15, 0.2) is 18.2 Å². The van der Waals surface area contributed by atoms with Crippen molar-refractivity contribution in [2.24, 2.45) is 0 Å². The number of nitrogens with one attached hydrogen (secondary N) is 2. The molecule has 3 heteroatoms. The monoisotopic (exact) mass is 240 g/mol. The van der Waals surface area contributed by atoms with Crippen LogP contribution in [0.3, 0.4) is 0 Å². The molecule has 0 atom stereocenters. The second-order valence-corrected chi connectivity index (χ2v) is 5.50. The van der Waals surface area contributed by atoms with Crippen molar-refractivity contribution in [1.82, 2.24) is 5.32 Å². The Kier molecular flexibility index (Phi) is 4.63. The smallest absolute Gasteiger partial charge is 0.0410 e. The molecule has 2 N–H and O–H groups in total. The first-order valence-electron chi connectivity index (χ1n) is 5.63. The molecule has 0 aliphatic heterocycles. The van der Waals surface area contributed by atoms with Gasteiger partial charge in [0.1, 0.15) is 0 Å². The second kappa shape index (κ2) is 5.55. The summed E-state index contributed by atoms with van der Waals surface area (Å²) in [5, 5.41) is 7.61. The van der Waals surface area contributed by atoms with Crippen LogP contribution in [0.2, 0.25) is 5.02 Å². The zero-order chi connectivity index (χ0) is 12.2. The van der Waals surface area contributed by atoms with E-state index in [4.69, 9.17) is 11.6 Å². The van der Waals surface area contributed by atoms with E-state index in [-0.39, 0.29) is 5.54 Å². The molecular formula is C13H21ClN2. The summed E-state index contributed by atoms with van der Waals surface area (Å²) in [4.78, 5) is 0. The van der Waals surface area contributed by atoms with E-state index in [1.54, 1.807) is 0 Å². The molecule has 0 fully saturated rings. The zero-order valence-corrected chi connectivity index (χ0v) is 11.3. The third-order valence-electron chi connectivity index (χ3n) is 2.28. The minimum atomic E-state index is 0.177. The fourth-order valence-corrected chi connectivity index (χ4v) is 1.69. The summed E-state index contributed by atoms with van der Waals surface area (Å²) < 4.78 is 0. The Bertz CT molecular complexity index is 342. The van der Waals surface area contributed by atoms with Crippen molar-refractivity contribution in [3.63, 3.8) is 0 Å². The molecule has 0 radical (unpaired) electrons. The predicted octanol–water partition coefficient (Wildman–Crippen LogP) is 3.45. The normalized spacial score (nSPS) is 11.6. The first kappa shape index (κ1) is 13.3. The van der Waals surface area contributed by atoms with Crippen molar-refractivity contribution in [2.75, 3.05) is 18.4 Å². The fourth-order valence-electron chi connectivity index (χ4n) is 1.46. The van der Waals surface area contributed by atoms with Crippen molar-refractivity contribution in [2.45, 2.75) is 33.2 Å². The van der Waals surface area contributed by atoms with Gasteiger partial charge in [-0.3, -0.25) is 0 Å². The minimum Gasteiger partial charge on any atom is -0.384 e. The zero-order valence-electron chi connectivity index (χ0n) is 10.5. The topological polar surface area (TPSA) is 24.1 Å². The molecule has 0 saturated heterocycles. The molecular weight excluding hydrogens is 220 g/mol. The first-order chi connectivity index (χ1) is 7.38. The van der Waals surface area contributed by atoms with Gasteiger partial charge in [-0.25, -0.2) is 0 Å². The second-order valence-electron chi connectivity index (χ2n) is 5.06. The third-order valence-corrected chi connectivity index (χ3v) is 2.52. The van der Waals surface area contributed by atoms with Crippen LogP contribution in [-0.2, 0) is 0 Å². The van der Waals surface area contributed by atoms with Gasteiger partial charge in [-0.1, -0.05) is 11.6 Å². The Balaban J connectivity index is 2.38. The van der Waals surface area contributed by atoms with E-state index in [2.05, 4.69) is 38.3 Å². The van der Waals surface area contributed by atoms with Crippen LogP contribution in [0.4, 0.5) is 5.69 Å². The summed E-state index contributed by atoms with van der Waals surface area (Å²) in [6.45, 7) is 10.4. The van der Waals surface area contributed by atoms with E-state index in [1.807, 2.05) is 18.2 Å². The van der Waals surface area contributed by atoms with E-state index < -0.39 is 0 Å². The molecule has 0 heterocycles. The molecule has 0 aliphatic carbocycles. The molecule has 90 valence electrons. The van der Waals surface area contributed by atoms with Gasteiger partial charge >= 0.3 is 0 Å². The van der Waals surface area contributed by atoms with Crippen molar-refractivity contribution < 1.29 is 0 Å². The van der Waals surface area contributed by atoms with Gasteiger partial charge in [0.05, 0.1) is 0 Å². The van der Waals surface area contributed by atoms with Crippen LogP contribution >= 0.6 is 11.6 Å². The molecule has 2 nitrogen and oxygen atoms in total. The molecule has 1 rings (SSSR count). The number of anilines is 1. The van der Waals surface area contributed by atoms with Crippen molar-refractivity contribution in [3.05, 3.63) is 28.8 Å². The average Bonchev–Trinajstić information content (AvgIpc) is 2.13. The summed E-state index contributed by atoms with van der Waals surface area (Å²) in [7, 11) is 0.